The standard InChI is InChI=1S/C19H22FN9S2/c1-2-16(18-24-25-26-29(18)11-13-3-4-22-31-13)27-5-7-28(8-6-27)19-23-15-10-12(21)9-14(20)17(15)30-19/h3-4,9-10,16H,2,5-8,11,21H2,1H3. The van der Waals surface area contributed by atoms with Crippen molar-refractivity contribution in [3.8, 4) is 0 Å². The number of benzene rings is 1. The predicted molar refractivity (Wildman–Crippen MR) is 120 cm³/mol. The molecule has 12 heteroatoms. The first kappa shape index (κ1) is 20.2. The fourth-order valence-corrected chi connectivity index (χ4v) is 5.56. The molecule has 31 heavy (non-hydrogen) atoms. The van der Waals surface area contributed by atoms with Gasteiger partial charge in [0.2, 0.25) is 0 Å². The Balaban J connectivity index is 1.30. The minimum Gasteiger partial charge on any atom is -0.399 e. The van der Waals surface area contributed by atoms with Gasteiger partial charge < -0.3 is 10.6 Å². The van der Waals surface area contributed by atoms with Gasteiger partial charge in [0.15, 0.2) is 11.0 Å². The molecule has 3 aromatic heterocycles. The molecule has 1 aliphatic heterocycles. The summed E-state index contributed by atoms with van der Waals surface area (Å²) in [4.78, 5) is 10.4. The smallest absolute Gasteiger partial charge is 0.186 e. The van der Waals surface area contributed by atoms with Gasteiger partial charge in [0.25, 0.3) is 0 Å². The number of halogens is 1. The summed E-state index contributed by atoms with van der Waals surface area (Å²) in [6.45, 7) is 6.11. The van der Waals surface area contributed by atoms with Gasteiger partial charge in [-0.15, -0.1) is 5.10 Å². The molecule has 0 spiro atoms. The Bertz CT molecular complexity index is 1160. The van der Waals surface area contributed by atoms with Gasteiger partial charge in [0.1, 0.15) is 5.82 Å². The van der Waals surface area contributed by atoms with Crippen molar-refractivity contribution in [2.75, 3.05) is 36.8 Å². The second-order valence-corrected chi connectivity index (χ2v) is 9.36. The van der Waals surface area contributed by atoms with Crippen LogP contribution in [0.3, 0.4) is 0 Å². The van der Waals surface area contributed by atoms with Crippen molar-refractivity contribution in [1.29, 1.82) is 0 Å². The van der Waals surface area contributed by atoms with Gasteiger partial charge in [-0.25, -0.2) is 18.4 Å². The molecular formula is C19H22FN9S2. The van der Waals surface area contributed by atoms with E-state index in [0.717, 1.165) is 48.4 Å². The molecule has 1 saturated heterocycles. The lowest BCUT2D eigenvalue weighted by molar-refractivity contribution is 0.169. The number of fused-ring (bicyclic) bond motifs is 1. The third-order valence-electron chi connectivity index (χ3n) is 5.52. The van der Waals surface area contributed by atoms with Crippen LogP contribution in [0.15, 0.2) is 24.4 Å². The van der Waals surface area contributed by atoms with Gasteiger partial charge in [-0.2, -0.15) is 0 Å². The molecule has 1 fully saturated rings. The Morgan fingerprint density at radius 3 is 2.81 bits per heavy atom. The molecule has 1 aliphatic rings. The molecule has 0 aliphatic carbocycles. The first-order valence-corrected chi connectivity index (χ1v) is 11.7. The highest BCUT2D eigenvalue weighted by atomic mass is 32.1. The maximum absolute atomic E-state index is 14.2. The number of hydrogen-bond acceptors (Lipinski definition) is 10. The van der Waals surface area contributed by atoms with E-state index in [1.54, 1.807) is 12.3 Å². The SMILES string of the molecule is CCC(c1nnnn1Cc1ccns1)N1CCN(c2nc3cc(N)cc(F)c3s2)CC1. The van der Waals surface area contributed by atoms with Crippen LogP contribution >= 0.6 is 22.9 Å². The van der Waals surface area contributed by atoms with Crippen LogP contribution in [0.4, 0.5) is 15.2 Å². The average Bonchev–Trinajstić information content (AvgIpc) is 3.51. The number of nitrogen functional groups attached to an aromatic ring is 1. The number of nitrogens with two attached hydrogens (primary N) is 1. The highest BCUT2D eigenvalue weighted by molar-refractivity contribution is 7.22. The summed E-state index contributed by atoms with van der Waals surface area (Å²) in [7, 11) is 0. The van der Waals surface area contributed by atoms with E-state index in [1.165, 1.54) is 28.9 Å². The van der Waals surface area contributed by atoms with Crippen molar-refractivity contribution in [2.45, 2.75) is 25.9 Å². The normalized spacial score (nSPS) is 16.3. The summed E-state index contributed by atoms with van der Waals surface area (Å²) in [6, 6.07) is 5.21. The van der Waals surface area contributed by atoms with Gasteiger partial charge in [0.05, 0.1) is 22.8 Å². The van der Waals surface area contributed by atoms with E-state index in [9.17, 15) is 4.39 Å². The molecule has 2 N–H and O–H groups in total. The zero-order valence-electron chi connectivity index (χ0n) is 17.0. The minimum atomic E-state index is -0.309. The van der Waals surface area contributed by atoms with Gasteiger partial charge in [-0.1, -0.05) is 18.3 Å². The highest BCUT2D eigenvalue weighted by Crippen LogP contribution is 2.33. The van der Waals surface area contributed by atoms with Crippen LogP contribution in [-0.2, 0) is 6.54 Å². The number of piperazine rings is 1. The fourth-order valence-electron chi connectivity index (χ4n) is 4.00. The van der Waals surface area contributed by atoms with Crippen LogP contribution in [0, 0.1) is 5.82 Å². The summed E-state index contributed by atoms with van der Waals surface area (Å²) in [6.07, 6.45) is 2.71. The lowest BCUT2D eigenvalue weighted by Gasteiger charge is -2.38. The molecule has 0 amide bonds. The second-order valence-electron chi connectivity index (χ2n) is 7.47. The Morgan fingerprint density at radius 2 is 2.06 bits per heavy atom. The molecule has 0 saturated carbocycles. The van der Waals surface area contributed by atoms with Gasteiger partial charge in [-0.3, -0.25) is 4.90 Å². The first-order chi connectivity index (χ1) is 15.1. The predicted octanol–water partition coefficient (Wildman–Crippen LogP) is 2.78. The molecule has 4 heterocycles. The van der Waals surface area contributed by atoms with E-state index in [2.05, 4.69) is 41.6 Å². The minimum absolute atomic E-state index is 0.137. The molecule has 5 rings (SSSR count). The summed E-state index contributed by atoms with van der Waals surface area (Å²) in [5.41, 5.74) is 6.78. The van der Waals surface area contributed by atoms with Crippen molar-refractivity contribution in [1.82, 2.24) is 34.5 Å². The van der Waals surface area contributed by atoms with E-state index >= 15 is 0 Å². The van der Waals surface area contributed by atoms with Crippen LogP contribution < -0.4 is 10.6 Å². The summed E-state index contributed by atoms with van der Waals surface area (Å²) >= 11 is 2.84. The third-order valence-corrected chi connectivity index (χ3v) is 7.39. The molecule has 9 nitrogen and oxygen atoms in total. The Hall–Kier alpha value is -2.70. The number of rotatable bonds is 6. The summed E-state index contributed by atoms with van der Waals surface area (Å²) in [5, 5.41) is 13.3. The van der Waals surface area contributed by atoms with Crippen LogP contribution in [0.2, 0.25) is 0 Å². The van der Waals surface area contributed by atoms with Crippen LogP contribution in [0.1, 0.15) is 30.1 Å². The van der Waals surface area contributed by atoms with E-state index in [0.29, 0.717) is 22.4 Å². The number of hydrogen-bond donors (Lipinski definition) is 1. The summed E-state index contributed by atoms with van der Waals surface area (Å²) in [5.74, 6) is 0.568. The summed E-state index contributed by atoms with van der Waals surface area (Å²) < 4.78 is 20.8. The molecule has 4 aromatic rings. The van der Waals surface area contributed by atoms with Crippen molar-refractivity contribution in [2.24, 2.45) is 0 Å². The number of thiazole rings is 1. The monoisotopic (exact) mass is 459 g/mol. The number of tetrazole rings is 1. The van der Waals surface area contributed by atoms with Crippen molar-refractivity contribution < 1.29 is 4.39 Å². The van der Waals surface area contributed by atoms with Crippen LogP contribution in [0.25, 0.3) is 10.2 Å². The first-order valence-electron chi connectivity index (χ1n) is 10.1. The second kappa shape index (κ2) is 8.44. The highest BCUT2D eigenvalue weighted by Gasteiger charge is 2.29. The Labute approximate surface area is 186 Å². The van der Waals surface area contributed by atoms with Crippen molar-refractivity contribution >= 4 is 43.9 Å². The van der Waals surface area contributed by atoms with Crippen LogP contribution in [-0.4, -0.2) is 60.6 Å². The molecule has 1 atom stereocenters. The van der Waals surface area contributed by atoms with E-state index in [-0.39, 0.29) is 11.9 Å². The largest absolute Gasteiger partial charge is 0.399 e. The van der Waals surface area contributed by atoms with Crippen molar-refractivity contribution in [3.05, 3.63) is 40.9 Å². The van der Waals surface area contributed by atoms with E-state index < -0.39 is 0 Å². The van der Waals surface area contributed by atoms with E-state index in [4.69, 9.17) is 5.73 Å². The van der Waals surface area contributed by atoms with Crippen LogP contribution in [0.5, 0.6) is 0 Å². The van der Waals surface area contributed by atoms with Gasteiger partial charge in [0, 0.05) is 42.9 Å². The molecule has 0 bridgehead atoms. The maximum atomic E-state index is 14.2. The molecule has 162 valence electrons. The Morgan fingerprint density at radius 1 is 1.23 bits per heavy atom. The number of nitrogens with zero attached hydrogens (tertiary/aromatic N) is 8. The zero-order chi connectivity index (χ0) is 21.4. The quantitative estimate of drug-likeness (QED) is 0.439. The zero-order valence-corrected chi connectivity index (χ0v) is 18.6. The Kier molecular flexibility index (Phi) is 5.50. The molecule has 0 radical (unpaired) electrons. The number of anilines is 2. The fraction of sp³-hybridized carbons (Fsp3) is 0.421. The third kappa shape index (κ3) is 3.98. The topological polar surface area (TPSA) is 102 Å². The van der Waals surface area contributed by atoms with Gasteiger partial charge in [-0.05, 0) is 46.6 Å². The molecular weight excluding hydrogens is 437 g/mol. The number of aromatic nitrogens is 6. The maximum Gasteiger partial charge on any atom is 0.186 e. The van der Waals surface area contributed by atoms with E-state index in [1.807, 2.05) is 10.7 Å². The molecule has 1 unspecified atom stereocenters. The van der Waals surface area contributed by atoms with Crippen molar-refractivity contribution in [3.63, 3.8) is 0 Å². The lowest BCUT2D eigenvalue weighted by Crippen LogP contribution is -2.48. The lowest BCUT2D eigenvalue weighted by atomic mass is 10.1. The average molecular weight is 460 g/mol. The van der Waals surface area contributed by atoms with Gasteiger partial charge >= 0.3 is 0 Å². The molecule has 1 aromatic carbocycles.